The minimum absolute atomic E-state index is 0.0965. The van der Waals surface area contributed by atoms with E-state index in [4.69, 9.17) is 0 Å². The van der Waals surface area contributed by atoms with Crippen molar-refractivity contribution in [2.45, 2.75) is 50.6 Å². The van der Waals surface area contributed by atoms with E-state index in [0.29, 0.717) is 32.5 Å². The molecule has 31 heavy (non-hydrogen) atoms. The van der Waals surface area contributed by atoms with Crippen molar-refractivity contribution in [1.29, 1.82) is 0 Å². The van der Waals surface area contributed by atoms with Crippen LogP contribution in [0.15, 0.2) is 47.9 Å². The third-order valence-electron chi connectivity index (χ3n) is 7.01. The Morgan fingerprint density at radius 2 is 1.81 bits per heavy atom. The minimum Gasteiger partial charge on any atom is -0.339 e. The summed E-state index contributed by atoms with van der Waals surface area (Å²) in [7, 11) is -1.82. The molecule has 1 atom stereocenters. The summed E-state index contributed by atoms with van der Waals surface area (Å²) < 4.78 is 29.0. The number of rotatable bonds is 5. The normalized spacial score (nSPS) is 24.3. The highest BCUT2D eigenvalue weighted by atomic mass is 32.2. The molecule has 2 aromatic rings. The number of aryl methyl sites for hydroxylation is 1. The molecule has 0 saturated carbocycles. The Hall–Kier alpha value is -2.19. The van der Waals surface area contributed by atoms with Crippen LogP contribution < -0.4 is 0 Å². The Labute approximate surface area is 185 Å². The van der Waals surface area contributed by atoms with Crippen LogP contribution in [0, 0.1) is 11.3 Å². The summed E-state index contributed by atoms with van der Waals surface area (Å²) in [5, 5.41) is 0.0965. The van der Waals surface area contributed by atoms with Gasteiger partial charge in [0, 0.05) is 44.8 Å². The fourth-order valence-electron chi connectivity index (χ4n) is 5.09. The van der Waals surface area contributed by atoms with Crippen LogP contribution in [0.25, 0.3) is 0 Å². The van der Waals surface area contributed by atoms with E-state index in [1.807, 2.05) is 23.1 Å². The Bertz CT molecular complexity index is 1010. The average Bonchev–Trinajstić information content (AvgIpc) is 3.17. The molecule has 0 bridgehead atoms. The molecule has 0 N–H and O–H groups in total. The van der Waals surface area contributed by atoms with Crippen LogP contribution in [0.2, 0.25) is 0 Å². The fraction of sp³-hybridized carbons (Fsp3) is 0.565. The molecule has 3 heterocycles. The zero-order valence-electron chi connectivity index (χ0n) is 18.4. The van der Waals surface area contributed by atoms with E-state index in [2.05, 4.69) is 24.0 Å². The van der Waals surface area contributed by atoms with Crippen molar-refractivity contribution in [2.24, 2.45) is 18.4 Å². The predicted octanol–water partition coefficient (Wildman–Crippen LogP) is 3.04. The van der Waals surface area contributed by atoms with E-state index in [-0.39, 0.29) is 16.9 Å². The quantitative estimate of drug-likeness (QED) is 0.710. The van der Waals surface area contributed by atoms with E-state index in [1.165, 1.54) is 10.6 Å². The predicted molar refractivity (Wildman–Crippen MR) is 119 cm³/mol. The molecule has 2 saturated heterocycles. The third-order valence-corrected chi connectivity index (χ3v) is 8.79. The molecule has 2 aliphatic rings. The second kappa shape index (κ2) is 8.74. The van der Waals surface area contributed by atoms with Gasteiger partial charge in [-0.2, -0.15) is 4.31 Å². The molecule has 4 rings (SSSR count). The monoisotopic (exact) mass is 444 g/mol. The van der Waals surface area contributed by atoms with Crippen molar-refractivity contribution >= 4 is 15.9 Å². The molecule has 1 aromatic carbocycles. The minimum atomic E-state index is -3.58. The summed E-state index contributed by atoms with van der Waals surface area (Å²) >= 11 is 0. The number of carbonyl (C=O) groups is 1. The highest BCUT2D eigenvalue weighted by molar-refractivity contribution is 7.89. The lowest BCUT2D eigenvalue weighted by atomic mass is 9.69. The summed E-state index contributed by atoms with van der Waals surface area (Å²) in [5.74, 6) is 0.409. The largest absolute Gasteiger partial charge is 0.339 e. The summed E-state index contributed by atoms with van der Waals surface area (Å²) in [6.07, 6.45) is 7.36. The van der Waals surface area contributed by atoms with E-state index < -0.39 is 15.4 Å². The van der Waals surface area contributed by atoms with Crippen molar-refractivity contribution in [3.8, 4) is 0 Å². The first kappa shape index (κ1) is 22.0. The number of benzene rings is 1. The molecular weight excluding hydrogens is 412 g/mol. The molecule has 0 radical (unpaired) electrons. The summed E-state index contributed by atoms with van der Waals surface area (Å²) in [5.41, 5.74) is 0.711. The molecule has 2 fully saturated rings. The molecule has 0 aliphatic carbocycles. The van der Waals surface area contributed by atoms with Crippen molar-refractivity contribution in [1.82, 2.24) is 18.8 Å². The lowest BCUT2D eigenvalue weighted by Crippen LogP contribution is -2.49. The Morgan fingerprint density at radius 3 is 2.45 bits per heavy atom. The van der Waals surface area contributed by atoms with Crippen molar-refractivity contribution in [3.63, 3.8) is 0 Å². The third kappa shape index (κ3) is 4.41. The second-order valence-electron chi connectivity index (χ2n) is 9.14. The maximum absolute atomic E-state index is 13.7. The molecule has 7 nitrogen and oxygen atoms in total. The number of imidazole rings is 1. The summed E-state index contributed by atoms with van der Waals surface area (Å²) in [6.45, 7) is 4.40. The number of sulfonamides is 1. The average molecular weight is 445 g/mol. The van der Waals surface area contributed by atoms with Gasteiger partial charge in [0.2, 0.25) is 5.91 Å². The van der Waals surface area contributed by atoms with Crippen LogP contribution in [0.5, 0.6) is 0 Å². The van der Waals surface area contributed by atoms with Crippen LogP contribution in [-0.4, -0.2) is 52.7 Å². The molecular formula is C23H32N4O3S. The van der Waals surface area contributed by atoms with Gasteiger partial charge in [0.15, 0.2) is 5.03 Å². The molecule has 1 amide bonds. The molecule has 0 spiro atoms. The SMILES string of the molecule is Cn1cnc(S(=O)(=O)N2CCC([C@]3(C)CCCCN(Cc4ccccc4)C3=O)CC2)c1. The van der Waals surface area contributed by atoms with E-state index in [0.717, 1.165) is 31.4 Å². The van der Waals surface area contributed by atoms with E-state index >= 15 is 0 Å². The first-order chi connectivity index (χ1) is 14.8. The summed E-state index contributed by atoms with van der Waals surface area (Å²) in [4.78, 5) is 19.7. The number of carbonyl (C=O) groups excluding carboxylic acids is 1. The maximum Gasteiger partial charge on any atom is 0.262 e. The lowest BCUT2D eigenvalue weighted by molar-refractivity contribution is -0.145. The van der Waals surface area contributed by atoms with Gasteiger partial charge in [-0.3, -0.25) is 4.79 Å². The van der Waals surface area contributed by atoms with Gasteiger partial charge in [-0.15, -0.1) is 0 Å². The molecule has 8 heteroatoms. The van der Waals surface area contributed by atoms with Gasteiger partial charge < -0.3 is 9.47 Å². The molecule has 168 valence electrons. The number of likely N-dealkylation sites (tertiary alicyclic amines) is 1. The van der Waals surface area contributed by atoms with Crippen molar-refractivity contribution in [3.05, 3.63) is 48.4 Å². The number of hydrogen-bond donors (Lipinski definition) is 0. The zero-order valence-corrected chi connectivity index (χ0v) is 19.2. The molecule has 2 aliphatic heterocycles. The van der Waals surface area contributed by atoms with E-state index in [1.54, 1.807) is 17.8 Å². The first-order valence-electron chi connectivity index (χ1n) is 11.1. The Morgan fingerprint density at radius 1 is 1.10 bits per heavy atom. The van der Waals surface area contributed by atoms with Crippen LogP contribution in [0.3, 0.4) is 0 Å². The smallest absolute Gasteiger partial charge is 0.262 e. The number of amides is 1. The number of aromatic nitrogens is 2. The zero-order chi connectivity index (χ0) is 22.1. The van der Waals surface area contributed by atoms with Crippen molar-refractivity contribution < 1.29 is 13.2 Å². The number of nitrogens with zero attached hydrogens (tertiary/aromatic N) is 4. The molecule has 1 aromatic heterocycles. The van der Waals surface area contributed by atoms with Gasteiger partial charge in [0.1, 0.15) is 0 Å². The van der Waals surface area contributed by atoms with Crippen LogP contribution in [0.1, 0.15) is 44.6 Å². The highest BCUT2D eigenvalue weighted by Gasteiger charge is 2.46. The molecule has 0 unspecified atom stereocenters. The van der Waals surface area contributed by atoms with Gasteiger partial charge in [-0.25, -0.2) is 13.4 Å². The van der Waals surface area contributed by atoms with Gasteiger partial charge in [-0.05, 0) is 37.2 Å². The first-order valence-corrected chi connectivity index (χ1v) is 12.6. The Kier molecular flexibility index (Phi) is 6.21. The Balaban J connectivity index is 1.46. The van der Waals surface area contributed by atoms with Gasteiger partial charge in [0.25, 0.3) is 10.0 Å². The standard InChI is InChI=1S/C23H32N4O3S/c1-23(12-6-7-13-26(22(23)28)16-19-8-4-3-5-9-19)20-10-14-27(15-11-20)31(29,30)21-17-25(2)18-24-21/h3-5,8-9,17-18,20H,6-7,10-16H2,1-2H3/t23-/m0/s1. The fourth-order valence-corrected chi connectivity index (χ4v) is 6.52. The van der Waals surface area contributed by atoms with Crippen LogP contribution in [-0.2, 0) is 28.4 Å². The van der Waals surface area contributed by atoms with Gasteiger partial charge >= 0.3 is 0 Å². The number of piperidine rings is 1. The highest BCUT2D eigenvalue weighted by Crippen LogP contribution is 2.43. The van der Waals surface area contributed by atoms with E-state index in [9.17, 15) is 13.2 Å². The van der Waals surface area contributed by atoms with Gasteiger partial charge in [0.05, 0.1) is 6.33 Å². The topological polar surface area (TPSA) is 75.5 Å². The van der Waals surface area contributed by atoms with Gasteiger partial charge in [-0.1, -0.05) is 43.7 Å². The number of hydrogen-bond acceptors (Lipinski definition) is 4. The maximum atomic E-state index is 13.7. The van der Waals surface area contributed by atoms with Crippen molar-refractivity contribution in [2.75, 3.05) is 19.6 Å². The van der Waals surface area contributed by atoms with Crippen LogP contribution in [0.4, 0.5) is 0 Å². The van der Waals surface area contributed by atoms with Crippen LogP contribution >= 0.6 is 0 Å². The lowest BCUT2D eigenvalue weighted by Gasteiger charge is -2.42. The summed E-state index contributed by atoms with van der Waals surface area (Å²) in [6, 6.07) is 10.1. The second-order valence-corrected chi connectivity index (χ2v) is 11.0.